The first kappa shape index (κ1) is 18.2. The molecule has 0 saturated carbocycles. The van der Waals surface area contributed by atoms with Crippen LogP contribution < -0.4 is 5.32 Å². The lowest BCUT2D eigenvalue weighted by atomic mass is 9.95. The van der Waals surface area contributed by atoms with Crippen molar-refractivity contribution in [3.63, 3.8) is 0 Å². The van der Waals surface area contributed by atoms with Crippen molar-refractivity contribution < 1.29 is 18.7 Å². The lowest BCUT2D eigenvalue weighted by Crippen LogP contribution is -2.50. The molecule has 1 aliphatic rings. The molecule has 1 aromatic carbocycles. The zero-order chi connectivity index (χ0) is 17.0. The van der Waals surface area contributed by atoms with E-state index in [0.29, 0.717) is 0 Å². The summed E-state index contributed by atoms with van der Waals surface area (Å²) < 4.78 is 26.8. The van der Waals surface area contributed by atoms with Crippen molar-refractivity contribution >= 4 is 17.7 Å². The first-order valence-electron chi connectivity index (χ1n) is 7.58. The summed E-state index contributed by atoms with van der Waals surface area (Å²) in [5, 5.41) is 13.1. The van der Waals surface area contributed by atoms with Gasteiger partial charge >= 0.3 is 0 Å². The maximum Gasteiger partial charge on any atom is 0.237 e. The summed E-state index contributed by atoms with van der Waals surface area (Å²) in [6.45, 7) is 4.77. The fourth-order valence-corrected chi connectivity index (χ4v) is 3.49. The third kappa shape index (κ3) is 4.65. The second-order valence-electron chi connectivity index (χ2n) is 5.94. The van der Waals surface area contributed by atoms with Gasteiger partial charge in [0.05, 0.1) is 12.6 Å². The van der Waals surface area contributed by atoms with Crippen molar-refractivity contribution in [3.05, 3.63) is 35.4 Å². The standard InChI is InChI=1S/C16H22F2N2O2S/c1-11(20-5-7-23-8-6-20)15(21)19-10-16(2,22)13-4-3-12(17)9-14(13)18/h3-4,9,11,22H,5-8,10H2,1-2H3,(H,19,21). The number of hydrogen-bond acceptors (Lipinski definition) is 4. The highest BCUT2D eigenvalue weighted by atomic mass is 32.2. The summed E-state index contributed by atoms with van der Waals surface area (Å²) >= 11 is 1.86. The predicted molar refractivity (Wildman–Crippen MR) is 87.3 cm³/mol. The van der Waals surface area contributed by atoms with Crippen molar-refractivity contribution in [1.29, 1.82) is 0 Å². The fourth-order valence-electron chi connectivity index (χ4n) is 2.56. The number of halogens is 2. The Bertz CT molecular complexity index is 563. The Balaban J connectivity index is 1.96. The van der Waals surface area contributed by atoms with Gasteiger partial charge in [-0.1, -0.05) is 6.07 Å². The van der Waals surface area contributed by atoms with Crippen molar-refractivity contribution in [3.8, 4) is 0 Å². The summed E-state index contributed by atoms with van der Waals surface area (Å²) in [5.41, 5.74) is -1.65. The Morgan fingerprint density at radius 1 is 1.43 bits per heavy atom. The molecule has 1 fully saturated rings. The SMILES string of the molecule is CC(C(=O)NCC(C)(O)c1ccc(F)cc1F)N1CCSCC1. The molecule has 4 nitrogen and oxygen atoms in total. The fraction of sp³-hybridized carbons (Fsp3) is 0.562. The number of carbonyl (C=O) groups is 1. The summed E-state index contributed by atoms with van der Waals surface area (Å²) in [5.74, 6) is 0.249. The van der Waals surface area contributed by atoms with E-state index in [0.717, 1.165) is 36.7 Å². The molecule has 2 atom stereocenters. The smallest absolute Gasteiger partial charge is 0.237 e. The van der Waals surface area contributed by atoms with Gasteiger partial charge in [0, 0.05) is 36.2 Å². The van der Waals surface area contributed by atoms with Gasteiger partial charge in [0.1, 0.15) is 17.2 Å². The van der Waals surface area contributed by atoms with E-state index in [9.17, 15) is 18.7 Å². The number of nitrogens with one attached hydrogen (secondary N) is 1. The van der Waals surface area contributed by atoms with Crippen LogP contribution in [0.3, 0.4) is 0 Å². The van der Waals surface area contributed by atoms with Crippen LogP contribution in [0.2, 0.25) is 0 Å². The Morgan fingerprint density at radius 3 is 2.70 bits per heavy atom. The molecular formula is C16H22F2N2O2S. The number of aliphatic hydroxyl groups is 1. The van der Waals surface area contributed by atoms with Gasteiger partial charge in [-0.2, -0.15) is 11.8 Å². The van der Waals surface area contributed by atoms with E-state index in [2.05, 4.69) is 10.2 Å². The van der Waals surface area contributed by atoms with Gasteiger partial charge in [0.25, 0.3) is 0 Å². The molecular weight excluding hydrogens is 322 g/mol. The molecule has 1 heterocycles. The molecule has 2 unspecified atom stereocenters. The number of hydrogen-bond donors (Lipinski definition) is 2. The Morgan fingerprint density at radius 2 is 2.09 bits per heavy atom. The molecule has 0 aromatic heterocycles. The molecule has 2 rings (SSSR count). The van der Waals surface area contributed by atoms with Crippen LogP contribution in [0.1, 0.15) is 19.4 Å². The number of benzene rings is 1. The topological polar surface area (TPSA) is 52.6 Å². The first-order valence-corrected chi connectivity index (χ1v) is 8.74. The highest BCUT2D eigenvalue weighted by Crippen LogP contribution is 2.23. The average Bonchev–Trinajstić information content (AvgIpc) is 2.52. The van der Waals surface area contributed by atoms with Crippen molar-refractivity contribution in [2.24, 2.45) is 0 Å². The van der Waals surface area contributed by atoms with E-state index in [1.54, 1.807) is 0 Å². The summed E-state index contributed by atoms with van der Waals surface area (Å²) in [4.78, 5) is 14.3. The monoisotopic (exact) mass is 344 g/mol. The maximum absolute atomic E-state index is 13.8. The van der Waals surface area contributed by atoms with Crippen molar-refractivity contribution in [2.75, 3.05) is 31.1 Å². The Kier molecular flexibility index (Phi) is 6.00. The van der Waals surface area contributed by atoms with Gasteiger partial charge in [0.15, 0.2) is 0 Å². The van der Waals surface area contributed by atoms with Crippen LogP contribution in [0.4, 0.5) is 8.78 Å². The number of carbonyl (C=O) groups excluding carboxylic acids is 1. The number of thioether (sulfide) groups is 1. The zero-order valence-electron chi connectivity index (χ0n) is 13.3. The van der Waals surface area contributed by atoms with Crippen LogP contribution in [0, 0.1) is 11.6 Å². The molecule has 0 spiro atoms. The predicted octanol–water partition coefficient (Wildman–Crippen LogP) is 1.73. The highest BCUT2D eigenvalue weighted by molar-refractivity contribution is 7.99. The molecule has 1 saturated heterocycles. The zero-order valence-corrected chi connectivity index (χ0v) is 14.1. The maximum atomic E-state index is 13.8. The normalized spacial score (nSPS) is 19.9. The lowest BCUT2D eigenvalue weighted by molar-refractivity contribution is -0.127. The molecule has 1 amide bonds. The Hall–Kier alpha value is -1.18. The van der Waals surface area contributed by atoms with Gasteiger partial charge in [-0.05, 0) is 19.9 Å². The van der Waals surface area contributed by atoms with Crippen molar-refractivity contribution in [1.82, 2.24) is 10.2 Å². The van der Waals surface area contributed by atoms with Crippen LogP contribution in [-0.2, 0) is 10.4 Å². The Labute approximate surface area is 139 Å². The van der Waals surface area contributed by atoms with Gasteiger partial charge < -0.3 is 10.4 Å². The van der Waals surface area contributed by atoms with Crippen LogP contribution >= 0.6 is 11.8 Å². The van der Waals surface area contributed by atoms with Crippen LogP contribution in [0.15, 0.2) is 18.2 Å². The van der Waals surface area contributed by atoms with E-state index in [1.807, 2.05) is 18.7 Å². The molecule has 0 bridgehead atoms. The second-order valence-corrected chi connectivity index (χ2v) is 7.16. The van der Waals surface area contributed by atoms with Gasteiger partial charge in [-0.3, -0.25) is 9.69 Å². The van der Waals surface area contributed by atoms with Gasteiger partial charge in [-0.15, -0.1) is 0 Å². The van der Waals surface area contributed by atoms with E-state index < -0.39 is 17.2 Å². The van der Waals surface area contributed by atoms with E-state index in [-0.39, 0.29) is 24.1 Å². The minimum atomic E-state index is -1.61. The molecule has 1 aromatic rings. The highest BCUT2D eigenvalue weighted by Gasteiger charge is 2.29. The molecule has 2 N–H and O–H groups in total. The van der Waals surface area contributed by atoms with Gasteiger partial charge in [0.2, 0.25) is 5.91 Å². The largest absolute Gasteiger partial charge is 0.383 e. The molecule has 1 aliphatic heterocycles. The molecule has 0 radical (unpaired) electrons. The first-order chi connectivity index (χ1) is 10.8. The van der Waals surface area contributed by atoms with E-state index >= 15 is 0 Å². The number of amides is 1. The third-order valence-electron chi connectivity index (χ3n) is 4.09. The van der Waals surface area contributed by atoms with Crippen LogP contribution in [-0.4, -0.2) is 53.1 Å². The number of rotatable bonds is 5. The van der Waals surface area contributed by atoms with Gasteiger partial charge in [-0.25, -0.2) is 8.78 Å². The van der Waals surface area contributed by atoms with Crippen LogP contribution in [0.5, 0.6) is 0 Å². The van der Waals surface area contributed by atoms with E-state index in [4.69, 9.17) is 0 Å². The molecule has 23 heavy (non-hydrogen) atoms. The van der Waals surface area contributed by atoms with E-state index in [1.165, 1.54) is 13.0 Å². The minimum absolute atomic E-state index is 0.0405. The number of nitrogens with zero attached hydrogens (tertiary/aromatic N) is 1. The second kappa shape index (κ2) is 7.59. The summed E-state index contributed by atoms with van der Waals surface area (Å²) in [7, 11) is 0. The minimum Gasteiger partial charge on any atom is -0.383 e. The summed E-state index contributed by atoms with van der Waals surface area (Å²) in [6.07, 6.45) is 0. The molecule has 0 aliphatic carbocycles. The molecule has 128 valence electrons. The molecule has 7 heteroatoms. The summed E-state index contributed by atoms with van der Waals surface area (Å²) in [6, 6.07) is 2.70. The lowest BCUT2D eigenvalue weighted by Gasteiger charge is -2.32. The van der Waals surface area contributed by atoms with Crippen LogP contribution in [0.25, 0.3) is 0 Å². The quantitative estimate of drug-likeness (QED) is 0.854. The average molecular weight is 344 g/mol. The van der Waals surface area contributed by atoms with Crippen molar-refractivity contribution in [2.45, 2.75) is 25.5 Å². The third-order valence-corrected chi connectivity index (χ3v) is 5.03.